The summed E-state index contributed by atoms with van der Waals surface area (Å²) in [5.41, 5.74) is 2.99. The first kappa shape index (κ1) is 13.2. The van der Waals surface area contributed by atoms with Crippen LogP contribution < -0.4 is 0 Å². The molecule has 4 heteroatoms. The fourth-order valence-electron chi connectivity index (χ4n) is 2.53. The Bertz CT molecular complexity index is 534. The highest BCUT2D eigenvalue weighted by Gasteiger charge is 2.29. The number of benzene rings is 1. The molecule has 94 valence electrons. The van der Waals surface area contributed by atoms with E-state index in [9.17, 15) is 0 Å². The summed E-state index contributed by atoms with van der Waals surface area (Å²) in [5, 5.41) is 0.815. The molecule has 0 nitrogen and oxygen atoms in total. The van der Waals surface area contributed by atoms with Crippen LogP contribution in [0.4, 0.5) is 0 Å². The largest absolute Gasteiger partial charge is 0.130 e. The van der Waals surface area contributed by atoms with Gasteiger partial charge < -0.3 is 0 Å². The third kappa shape index (κ3) is 2.43. The Hall–Kier alpha value is 0.170. The van der Waals surface area contributed by atoms with Gasteiger partial charge in [-0.15, -0.1) is 11.3 Å². The zero-order chi connectivity index (χ0) is 12.7. The monoisotopic (exact) mass is 404 g/mol. The number of fused-ring (bicyclic) bond motifs is 1. The van der Waals surface area contributed by atoms with E-state index in [0.29, 0.717) is 10.7 Å². The summed E-state index contributed by atoms with van der Waals surface area (Å²) < 4.78 is 1.03. The summed E-state index contributed by atoms with van der Waals surface area (Å²) in [6.45, 7) is 0. The molecule has 0 spiro atoms. The van der Waals surface area contributed by atoms with Gasteiger partial charge in [-0.05, 0) is 51.9 Å². The maximum absolute atomic E-state index is 6.11. The number of alkyl halides is 1. The maximum Gasteiger partial charge on any atom is 0.0887 e. The van der Waals surface area contributed by atoms with Crippen molar-refractivity contribution in [1.29, 1.82) is 0 Å². The molecule has 1 aliphatic carbocycles. The lowest BCUT2D eigenvalue weighted by molar-refractivity contribution is 0.559. The second-order valence-corrected chi connectivity index (χ2v) is 8.40. The first-order valence-electron chi connectivity index (χ1n) is 5.80. The fourth-order valence-corrected chi connectivity index (χ4v) is 5.14. The molecule has 1 unspecified atom stereocenters. The van der Waals surface area contributed by atoms with Crippen molar-refractivity contribution in [3.05, 3.63) is 55.1 Å². The van der Waals surface area contributed by atoms with E-state index >= 15 is 0 Å². The Kier molecular flexibility index (Phi) is 3.86. The molecular formula is C14H11Br2ClS. The van der Waals surface area contributed by atoms with Crippen LogP contribution in [0, 0.1) is 5.92 Å². The number of hydrogen-bond donors (Lipinski definition) is 0. The van der Waals surface area contributed by atoms with Crippen LogP contribution in [0.1, 0.15) is 20.8 Å². The summed E-state index contributed by atoms with van der Waals surface area (Å²) in [5.74, 6) is 0.629. The minimum absolute atomic E-state index is 0.388. The number of rotatable bonds is 2. The molecular weight excluding hydrogens is 395 g/mol. The molecule has 3 rings (SSSR count). The van der Waals surface area contributed by atoms with Crippen LogP contribution >= 0.6 is 54.8 Å². The zero-order valence-corrected chi connectivity index (χ0v) is 14.2. The van der Waals surface area contributed by atoms with Gasteiger partial charge in [0.05, 0.1) is 13.6 Å². The molecule has 1 aliphatic rings. The first-order valence-corrected chi connectivity index (χ1v) is 8.71. The second-order valence-electron chi connectivity index (χ2n) is 4.61. The molecule has 0 fully saturated rings. The third-order valence-corrected chi connectivity index (χ3v) is 7.53. The van der Waals surface area contributed by atoms with Gasteiger partial charge in [-0.25, -0.2) is 0 Å². The van der Waals surface area contributed by atoms with E-state index in [0.717, 1.165) is 21.7 Å². The summed E-state index contributed by atoms with van der Waals surface area (Å²) in [4.78, 5) is 1.70. The second kappa shape index (κ2) is 5.28. The maximum atomic E-state index is 6.11. The van der Waals surface area contributed by atoms with E-state index < -0.39 is 0 Å². The molecule has 0 saturated carbocycles. The predicted octanol–water partition coefficient (Wildman–Crippen LogP) is 6.02. The Morgan fingerprint density at radius 3 is 2.33 bits per heavy atom. The Balaban J connectivity index is 1.82. The Morgan fingerprint density at radius 1 is 1.22 bits per heavy atom. The minimum Gasteiger partial charge on any atom is -0.130 e. The van der Waals surface area contributed by atoms with Crippen molar-refractivity contribution >= 4 is 54.8 Å². The summed E-state index contributed by atoms with van der Waals surface area (Å²) in [7, 11) is 0. The van der Waals surface area contributed by atoms with Gasteiger partial charge in [0.1, 0.15) is 0 Å². The van der Waals surface area contributed by atoms with Gasteiger partial charge >= 0.3 is 0 Å². The van der Waals surface area contributed by atoms with Gasteiger partial charge in [-0.3, -0.25) is 0 Å². The smallest absolute Gasteiger partial charge is 0.0887 e. The van der Waals surface area contributed by atoms with Crippen LogP contribution in [0.3, 0.4) is 0 Å². The van der Waals surface area contributed by atoms with Crippen molar-refractivity contribution in [1.82, 2.24) is 0 Å². The van der Waals surface area contributed by atoms with Crippen molar-refractivity contribution in [3.63, 3.8) is 0 Å². The molecule has 18 heavy (non-hydrogen) atoms. The third-order valence-electron chi connectivity index (χ3n) is 3.43. The summed E-state index contributed by atoms with van der Waals surface area (Å²) >= 11 is 15.2. The minimum atomic E-state index is 0.388. The molecule has 1 atom stereocenters. The molecule has 0 radical (unpaired) electrons. The topological polar surface area (TPSA) is 0 Å². The normalized spacial score (nSPS) is 16.8. The van der Waals surface area contributed by atoms with E-state index in [2.05, 4.69) is 62.2 Å². The molecule has 0 saturated heterocycles. The van der Waals surface area contributed by atoms with E-state index in [1.54, 1.807) is 11.3 Å². The molecule has 0 aliphatic heterocycles. The van der Waals surface area contributed by atoms with E-state index in [-0.39, 0.29) is 0 Å². The van der Waals surface area contributed by atoms with Crippen molar-refractivity contribution in [2.24, 2.45) is 5.92 Å². The standard InChI is InChI=1S/C14H11Br2ClS/c15-13(12-7-11(17)14(16)18-12)10-5-8-3-1-2-4-9(8)6-10/h1-4,7,10,13H,5-6H2. The van der Waals surface area contributed by atoms with Crippen LogP contribution in [-0.2, 0) is 12.8 Å². The van der Waals surface area contributed by atoms with Gasteiger partial charge in [0.2, 0.25) is 0 Å². The molecule has 1 aromatic carbocycles. The van der Waals surface area contributed by atoms with Gasteiger partial charge in [0, 0.05) is 4.88 Å². The van der Waals surface area contributed by atoms with Crippen LogP contribution in [0.15, 0.2) is 34.1 Å². The highest BCUT2D eigenvalue weighted by Crippen LogP contribution is 2.45. The lowest BCUT2D eigenvalue weighted by Crippen LogP contribution is -2.06. The molecule has 2 aromatic rings. The van der Waals surface area contributed by atoms with Crippen LogP contribution in [-0.4, -0.2) is 0 Å². The van der Waals surface area contributed by atoms with Gasteiger partial charge in [-0.1, -0.05) is 51.8 Å². The van der Waals surface area contributed by atoms with Gasteiger partial charge in [0.25, 0.3) is 0 Å². The Morgan fingerprint density at radius 2 is 1.83 bits per heavy atom. The number of halogens is 3. The lowest BCUT2D eigenvalue weighted by Gasteiger charge is -2.15. The average molecular weight is 407 g/mol. The van der Waals surface area contributed by atoms with Crippen molar-refractivity contribution in [2.45, 2.75) is 17.7 Å². The fraction of sp³-hybridized carbons (Fsp3) is 0.286. The van der Waals surface area contributed by atoms with Crippen LogP contribution in [0.5, 0.6) is 0 Å². The van der Waals surface area contributed by atoms with Gasteiger partial charge in [0.15, 0.2) is 0 Å². The summed E-state index contributed by atoms with van der Waals surface area (Å²) in [6.07, 6.45) is 2.30. The van der Waals surface area contributed by atoms with E-state index in [1.807, 2.05) is 0 Å². The quantitative estimate of drug-likeness (QED) is 0.535. The number of thiophene rings is 1. The molecule has 0 N–H and O–H groups in total. The zero-order valence-electron chi connectivity index (χ0n) is 9.50. The van der Waals surface area contributed by atoms with Crippen LogP contribution in [0.2, 0.25) is 5.02 Å². The number of hydrogen-bond acceptors (Lipinski definition) is 1. The van der Waals surface area contributed by atoms with Crippen molar-refractivity contribution in [3.8, 4) is 0 Å². The Labute approximate surface area is 133 Å². The lowest BCUT2D eigenvalue weighted by atomic mass is 10.0. The first-order chi connectivity index (χ1) is 8.65. The SMILES string of the molecule is Clc1cc(C(Br)C2Cc3ccccc3C2)sc1Br. The van der Waals surface area contributed by atoms with E-state index in [4.69, 9.17) is 11.6 Å². The predicted molar refractivity (Wildman–Crippen MR) is 86.0 cm³/mol. The highest BCUT2D eigenvalue weighted by atomic mass is 79.9. The van der Waals surface area contributed by atoms with Crippen LogP contribution in [0.25, 0.3) is 0 Å². The summed E-state index contributed by atoms with van der Waals surface area (Å²) in [6, 6.07) is 10.8. The van der Waals surface area contributed by atoms with Crippen molar-refractivity contribution < 1.29 is 0 Å². The molecule has 0 amide bonds. The van der Waals surface area contributed by atoms with Gasteiger partial charge in [-0.2, -0.15) is 0 Å². The highest BCUT2D eigenvalue weighted by molar-refractivity contribution is 9.11. The molecule has 1 heterocycles. The average Bonchev–Trinajstić information content (AvgIpc) is 2.93. The van der Waals surface area contributed by atoms with E-state index in [1.165, 1.54) is 16.0 Å². The molecule has 1 aromatic heterocycles. The van der Waals surface area contributed by atoms with Crippen molar-refractivity contribution in [2.75, 3.05) is 0 Å². The molecule has 0 bridgehead atoms.